The summed E-state index contributed by atoms with van der Waals surface area (Å²) in [5.74, 6) is 0.858. The van der Waals surface area contributed by atoms with Gasteiger partial charge in [-0.25, -0.2) is 0 Å². The van der Waals surface area contributed by atoms with E-state index in [1.54, 1.807) is 0 Å². The van der Waals surface area contributed by atoms with Crippen LogP contribution in [0.4, 0.5) is 0 Å². The number of benzene rings is 1. The van der Waals surface area contributed by atoms with Crippen LogP contribution in [-0.2, 0) is 13.5 Å². The van der Waals surface area contributed by atoms with E-state index in [1.165, 1.54) is 0 Å². The normalized spacial score (nSPS) is 13.1. The molecule has 0 aliphatic rings. The minimum absolute atomic E-state index is 0.562. The van der Waals surface area contributed by atoms with Crippen LogP contribution in [-0.4, -0.2) is 40.4 Å². The van der Waals surface area contributed by atoms with E-state index in [4.69, 9.17) is 4.52 Å². The molecule has 0 bridgehead atoms. The van der Waals surface area contributed by atoms with Gasteiger partial charge in [0.05, 0.1) is 23.1 Å². The van der Waals surface area contributed by atoms with Gasteiger partial charge in [-0.3, -0.25) is 0 Å². The summed E-state index contributed by atoms with van der Waals surface area (Å²) in [6.07, 6.45) is 0.182. The molecule has 128 valence electrons. The zero-order chi connectivity index (χ0) is 17.4. The van der Waals surface area contributed by atoms with Crippen molar-refractivity contribution in [2.45, 2.75) is 26.4 Å². The number of aliphatic hydroxyl groups is 1. The molecular formula is C19H25N3O2. The highest BCUT2D eigenvalue weighted by molar-refractivity contribution is 5.93. The summed E-state index contributed by atoms with van der Waals surface area (Å²) in [5.41, 5.74) is 4.91. The van der Waals surface area contributed by atoms with Gasteiger partial charge >= 0.3 is 0 Å². The number of fused-ring (bicyclic) bond motifs is 1. The van der Waals surface area contributed by atoms with Gasteiger partial charge < -0.3 is 19.1 Å². The summed E-state index contributed by atoms with van der Waals surface area (Å²) in [7, 11) is 5.97. The number of aliphatic hydroxyl groups excluding tert-OH is 1. The lowest BCUT2D eigenvalue weighted by Crippen LogP contribution is -2.20. The van der Waals surface area contributed by atoms with E-state index in [-0.39, 0.29) is 0 Å². The molecule has 24 heavy (non-hydrogen) atoms. The Morgan fingerprint density at radius 3 is 2.67 bits per heavy atom. The molecule has 0 aliphatic carbocycles. The van der Waals surface area contributed by atoms with Crippen LogP contribution in [0.3, 0.4) is 0 Å². The third-order valence-electron chi connectivity index (χ3n) is 4.51. The maximum Gasteiger partial charge on any atom is 0.146 e. The SMILES string of the molecule is CCc1onc(C)c1-c1c(C(O)CN(C)C)c2ccccc2n1C. The zero-order valence-electron chi connectivity index (χ0n) is 15.0. The third kappa shape index (κ3) is 2.64. The van der Waals surface area contributed by atoms with Gasteiger partial charge in [-0.05, 0) is 27.1 Å². The first-order valence-electron chi connectivity index (χ1n) is 8.31. The molecule has 1 atom stereocenters. The summed E-state index contributed by atoms with van der Waals surface area (Å²) < 4.78 is 7.65. The van der Waals surface area contributed by atoms with E-state index in [1.807, 2.05) is 45.1 Å². The van der Waals surface area contributed by atoms with Crippen LogP contribution < -0.4 is 0 Å². The number of hydrogen-bond donors (Lipinski definition) is 1. The van der Waals surface area contributed by atoms with Crippen molar-refractivity contribution in [1.82, 2.24) is 14.6 Å². The summed E-state index contributed by atoms with van der Waals surface area (Å²) >= 11 is 0. The molecule has 0 saturated carbocycles. The Bertz CT molecular complexity index is 861. The van der Waals surface area contributed by atoms with E-state index in [0.717, 1.165) is 45.6 Å². The van der Waals surface area contributed by atoms with Gasteiger partial charge in [-0.2, -0.15) is 0 Å². The van der Waals surface area contributed by atoms with Crippen LogP contribution in [0.1, 0.15) is 30.0 Å². The predicted molar refractivity (Wildman–Crippen MR) is 96.0 cm³/mol. The number of aryl methyl sites for hydroxylation is 3. The molecule has 0 spiro atoms. The Kier molecular flexibility index (Phi) is 4.47. The molecule has 1 aromatic carbocycles. The Morgan fingerprint density at radius 2 is 2.00 bits per heavy atom. The van der Waals surface area contributed by atoms with Crippen molar-refractivity contribution < 1.29 is 9.63 Å². The van der Waals surface area contributed by atoms with Crippen molar-refractivity contribution in [2.75, 3.05) is 20.6 Å². The molecule has 0 aliphatic heterocycles. The summed E-state index contributed by atoms with van der Waals surface area (Å²) in [5, 5.41) is 16.2. The highest BCUT2D eigenvalue weighted by Crippen LogP contribution is 2.40. The number of rotatable bonds is 5. The molecule has 0 saturated heterocycles. The average Bonchev–Trinajstić information content (AvgIpc) is 3.04. The van der Waals surface area contributed by atoms with E-state index >= 15 is 0 Å². The lowest BCUT2D eigenvalue weighted by atomic mass is 9.98. The molecule has 5 heteroatoms. The fraction of sp³-hybridized carbons (Fsp3) is 0.421. The number of nitrogens with zero attached hydrogens (tertiary/aromatic N) is 3. The second-order valence-corrected chi connectivity index (χ2v) is 6.54. The molecular weight excluding hydrogens is 302 g/mol. The van der Waals surface area contributed by atoms with Gasteiger partial charge in [0, 0.05) is 36.5 Å². The fourth-order valence-corrected chi connectivity index (χ4v) is 3.46. The van der Waals surface area contributed by atoms with Gasteiger partial charge in [0.1, 0.15) is 5.76 Å². The molecule has 0 fully saturated rings. The largest absolute Gasteiger partial charge is 0.387 e. The molecule has 5 nitrogen and oxygen atoms in total. The second kappa shape index (κ2) is 6.42. The standard InChI is InChI=1S/C19H25N3O2/c1-6-16-17(12(2)20-24-16)19-18(15(23)11-21(3)4)13-9-7-8-10-14(13)22(19)5/h7-10,15,23H,6,11H2,1-5H3. The Labute approximate surface area is 142 Å². The lowest BCUT2D eigenvalue weighted by Gasteiger charge is -2.18. The van der Waals surface area contributed by atoms with Gasteiger partial charge in [-0.15, -0.1) is 0 Å². The van der Waals surface area contributed by atoms with Crippen molar-refractivity contribution in [3.05, 3.63) is 41.3 Å². The van der Waals surface area contributed by atoms with Gasteiger partial charge in [0.15, 0.2) is 0 Å². The van der Waals surface area contributed by atoms with Crippen molar-refractivity contribution in [1.29, 1.82) is 0 Å². The first kappa shape index (κ1) is 16.7. The summed E-state index contributed by atoms with van der Waals surface area (Å²) in [6, 6.07) is 8.19. The van der Waals surface area contributed by atoms with E-state index in [2.05, 4.69) is 28.8 Å². The van der Waals surface area contributed by atoms with E-state index in [0.29, 0.717) is 6.54 Å². The maximum atomic E-state index is 10.9. The monoisotopic (exact) mass is 327 g/mol. The number of likely N-dealkylation sites (N-methyl/N-ethyl adjacent to an activating group) is 1. The molecule has 1 unspecified atom stereocenters. The van der Waals surface area contributed by atoms with Crippen molar-refractivity contribution in [3.8, 4) is 11.3 Å². The first-order valence-corrected chi connectivity index (χ1v) is 8.31. The first-order chi connectivity index (χ1) is 11.5. The van der Waals surface area contributed by atoms with Crippen LogP contribution in [0.15, 0.2) is 28.8 Å². The van der Waals surface area contributed by atoms with Crippen LogP contribution >= 0.6 is 0 Å². The number of aromatic nitrogens is 2. The van der Waals surface area contributed by atoms with Crippen molar-refractivity contribution in [2.24, 2.45) is 7.05 Å². The van der Waals surface area contributed by atoms with Gasteiger partial charge in [-0.1, -0.05) is 30.3 Å². The van der Waals surface area contributed by atoms with Crippen LogP contribution in [0.25, 0.3) is 22.2 Å². The topological polar surface area (TPSA) is 54.4 Å². The third-order valence-corrected chi connectivity index (χ3v) is 4.51. The average molecular weight is 327 g/mol. The van der Waals surface area contributed by atoms with Crippen LogP contribution in [0, 0.1) is 6.92 Å². The fourth-order valence-electron chi connectivity index (χ4n) is 3.46. The van der Waals surface area contributed by atoms with Crippen molar-refractivity contribution >= 4 is 10.9 Å². The Balaban J connectivity index is 2.34. The zero-order valence-corrected chi connectivity index (χ0v) is 15.0. The number of para-hydroxylation sites is 1. The lowest BCUT2D eigenvalue weighted by molar-refractivity contribution is 0.140. The molecule has 2 aromatic heterocycles. The quantitative estimate of drug-likeness (QED) is 0.781. The maximum absolute atomic E-state index is 10.9. The summed E-state index contributed by atoms with van der Waals surface area (Å²) in [4.78, 5) is 2.00. The van der Waals surface area contributed by atoms with Crippen molar-refractivity contribution in [3.63, 3.8) is 0 Å². The molecule has 0 radical (unpaired) electrons. The molecule has 2 heterocycles. The summed E-state index contributed by atoms with van der Waals surface area (Å²) in [6.45, 7) is 4.58. The predicted octanol–water partition coefficient (Wildman–Crippen LogP) is 3.30. The highest BCUT2D eigenvalue weighted by Gasteiger charge is 2.27. The Morgan fingerprint density at radius 1 is 1.29 bits per heavy atom. The van der Waals surface area contributed by atoms with Crippen LogP contribution in [0.5, 0.6) is 0 Å². The van der Waals surface area contributed by atoms with Gasteiger partial charge in [0.2, 0.25) is 0 Å². The smallest absolute Gasteiger partial charge is 0.146 e. The van der Waals surface area contributed by atoms with Gasteiger partial charge in [0.25, 0.3) is 0 Å². The van der Waals surface area contributed by atoms with E-state index in [9.17, 15) is 5.11 Å². The van der Waals surface area contributed by atoms with E-state index < -0.39 is 6.10 Å². The minimum atomic E-state index is -0.583. The minimum Gasteiger partial charge on any atom is -0.387 e. The molecule has 3 aromatic rings. The molecule has 0 amide bonds. The molecule has 3 rings (SSSR count). The Hall–Kier alpha value is -2.11. The second-order valence-electron chi connectivity index (χ2n) is 6.54. The van der Waals surface area contributed by atoms with Crippen LogP contribution in [0.2, 0.25) is 0 Å². The number of hydrogen-bond acceptors (Lipinski definition) is 4. The highest BCUT2D eigenvalue weighted by atomic mass is 16.5. The molecule has 1 N–H and O–H groups in total.